The average Bonchev–Trinajstić information content (AvgIpc) is 2.47. The van der Waals surface area contributed by atoms with Gasteiger partial charge >= 0.3 is 0 Å². The van der Waals surface area contributed by atoms with Gasteiger partial charge in [0, 0.05) is 6.54 Å². The maximum Gasteiger partial charge on any atom is 0.237 e. The van der Waals surface area contributed by atoms with Crippen molar-refractivity contribution in [3.05, 3.63) is 65.2 Å². The Morgan fingerprint density at radius 3 is 2.57 bits per heavy atom. The number of hydrogen-bond acceptors (Lipinski definition) is 3. The van der Waals surface area contributed by atoms with Crippen LogP contribution in [0.1, 0.15) is 16.7 Å². The first-order chi connectivity index (χ1) is 10.0. The topological polar surface area (TPSA) is 75.4 Å². The Morgan fingerprint density at radius 2 is 1.90 bits per heavy atom. The molecule has 1 unspecified atom stereocenters. The molecule has 0 heterocycles. The zero-order chi connectivity index (χ0) is 15.2. The first-order valence-corrected chi connectivity index (χ1v) is 6.91. The van der Waals surface area contributed by atoms with Crippen LogP contribution in [-0.4, -0.2) is 17.1 Å². The van der Waals surface area contributed by atoms with Gasteiger partial charge in [0.15, 0.2) is 0 Å². The number of aryl methyl sites for hydroxylation is 1. The number of carbonyl (C=O) groups is 1. The standard InChI is InChI=1S/C17H20N2O2/c1-12-3-2-4-14(9-12)11-19-17(21)16(18)10-13-5-7-15(20)8-6-13/h2-9,16,20H,10-11,18H2,1H3,(H,19,21). The molecule has 2 rings (SSSR count). The van der Waals surface area contributed by atoms with Crippen molar-refractivity contribution in [1.29, 1.82) is 0 Å². The minimum Gasteiger partial charge on any atom is -0.508 e. The maximum atomic E-state index is 12.0. The summed E-state index contributed by atoms with van der Waals surface area (Å²) in [6.07, 6.45) is 0.444. The molecule has 0 aliphatic carbocycles. The van der Waals surface area contributed by atoms with Gasteiger partial charge in [0.1, 0.15) is 5.75 Å². The van der Waals surface area contributed by atoms with Gasteiger partial charge in [-0.15, -0.1) is 0 Å². The van der Waals surface area contributed by atoms with Gasteiger partial charge in [0.2, 0.25) is 5.91 Å². The lowest BCUT2D eigenvalue weighted by Crippen LogP contribution is -2.41. The van der Waals surface area contributed by atoms with Crippen LogP contribution in [0.2, 0.25) is 0 Å². The predicted molar refractivity (Wildman–Crippen MR) is 82.8 cm³/mol. The molecule has 0 saturated carbocycles. The number of benzene rings is 2. The lowest BCUT2D eigenvalue weighted by atomic mass is 10.1. The number of amides is 1. The Morgan fingerprint density at radius 1 is 1.19 bits per heavy atom. The van der Waals surface area contributed by atoms with Crippen molar-refractivity contribution in [2.24, 2.45) is 5.73 Å². The number of rotatable bonds is 5. The molecule has 21 heavy (non-hydrogen) atoms. The molecular weight excluding hydrogens is 264 g/mol. The second-order valence-electron chi connectivity index (χ2n) is 5.18. The number of carbonyl (C=O) groups excluding carboxylic acids is 1. The fourth-order valence-corrected chi connectivity index (χ4v) is 2.12. The summed E-state index contributed by atoms with van der Waals surface area (Å²) < 4.78 is 0. The molecule has 2 aromatic rings. The Kier molecular flexibility index (Phi) is 4.95. The molecule has 4 nitrogen and oxygen atoms in total. The average molecular weight is 284 g/mol. The first kappa shape index (κ1) is 15.1. The Hall–Kier alpha value is -2.33. The summed E-state index contributed by atoms with van der Waals surface area (Å²) in [5, 5.41) is 12.1. The maximum absolute atomic E-state index is 12.0. The molecule has 0 aliphatic rings. The molecule has 0 bridgehead atoms. The van der Waals surface area contributed by atoms with E-state index in [4.69, 9.17) is 5.73 Å². The third-order valence-electron chi connectivity index (χ3n) is 3.28. The summed E-state index contributed by atoms with van der Waals surface area (Å²) in [6.45, 7) is 2.49. The SMILES string of the molecule is Cc1cccc(CNC(=O)C(N)Cc2ccc(O)cc2)c1. The zero-order valence-electron chi connectivity index (χ0n) is 12.0. The predicted octanol–water partition coefficient (Wildman–Crippen LogP) is 1.89. The van der Waals surface area contributed by atoms with Crippen molar-refractivity contribution in [3.8, 4) is 5.75 Å². The second-order valence-corrected chi connectivity index (χ2v) is 5.18. The largest absolute Gasteiger partial charge is 0.508 e. The molecule has 1 amide bonds. The van der Waals surface area contributed by atoms with E-state index in [9.17, 15) is 9.90 Å². The second kappa shape index (κ2) is 6.90. The van der Waals surface area contributed by atoms with E-state index >= 15 is 0 Å². The van der Waals surface area contributed by atoms with Gasteiger partial charge in [-0.25, -0.2) is 0 Å². The van der Waals surface area contributed by atoms with Gasteiger partial charge < -0.3 is 16.2 Å². The van der Waals surface area contributed by atoms with E-state index in [1.54, 1.807) is 24.3 Å². The van der Waals surface area contributed by atoms with E-state index in [0.29, 0.717) is 13.0 Å². The van der Waals surface area contributed by atoms with Crippen LogP contribution in [0.3, 0.4) is 0 Å². The monoisotopic (exact) mass is 284 g/mol. The van der Waals surface area contributed by atoms with Crippen molar-refractivity contribution in [1.82, 2.24) is 5.32 Å². The van der Waals surface area contributed by atoms with Gasteiger partial charge in [-0.3, -0.25) is 4.79 Å². The molecule has 2 aromatic carbocycles. The van der Waals surface area contributed by atoms with E-state index in [1.807, 2.05) is 31.2 Å². The summed E-state index contributed by atoms with van der Waals surface area (Å²) in [7, 11) is 0. The molecule has 0 aromatic heterocycles. The summed E-state index contributed by atoms with van der Waals surface area (Å²) in [4.78, 5) is 12.0. The van der Waals surface area contributed by atoms with Crippen LogP contribution in [-0.2, 0) is 17.8 Å². The number of phenols is 1. The van der Waals surface area contributed by atoms with E-state index in [2.05, 4.69) is 5.32 Å². The first-order valence-electron chi connectivity index (χ1n) is 6.91. The molecule has 4 N–H and O–H groups in total. The quantitative estimate of drug-likeness (QED) is 0.785. The van der Waals surface area contributed by atoms with Crippen LogP contribution in [0, 0.1) is 6.92 Å². The van der Waals surface area contributed by atoms with Crippen molar-refractivity contribution in [2.45, 2.75) is 25.9 Å². The van der Waals surface area contributed by atoms with Gasteiger partial charge in [0.05, 0.1) is 6.04 Å². The summed E-state index contributed by atoms with van der Waals surface area (Å²) in [6, 6.07) is 14.1. The molecule has 0 aliphatic heterocycles. The highest BCUT2D eigenvalue weighted by Crippen LogP contribution is 2.11. The van der Waals surface area contributed by atoms with E-state index < -0.39 is 6.04 Å². The van der Waals surface area contributed by atoms with Crippen molar-refractivity contribution < 1.29 is 9.90 Å². The normalized spacial score (nSPS) is 11.9. The molecule has 110 valence electrons. The molecule has 0 spiro atoms. The third-order valence-corrected chi connectivity index (χ3v) is 3.28. The summed E-state index contributed by atoms with van der Waals surface area (Å²) in [5.74, 6) is 0.0285. The minimum absolute atomic E-state index is 0.176. The Bertz CT molecular complexity index is 608. The Labute approximate surface area is 124 Å². The molecular formula is C17H20N2O2. The van der Waals surface area contributed by atoms with Crippen LogP contribution in [0.4, 0.5) is 0 Å². The van der Waals surface area contributed by atoms with Gasteiger partial charge in [-0.05, 0) is 36.6 Å². The van der Waals surface area contributed by atoms with Gasteiger partial charge in [-0.1, -0.05) is 42.0 Å². The van der Waals surface area contributed by atoms with E-state index in [0.717, 1.165) is 16.7 Å². The van der Waals surface area contributed by atoms with Crippen LogP contribution in [0.5, 0.6) is 5.75 Å². The summed E-state index contributed by atoms with van der Waals surface area (Å²) >= 11 is 0. The molecule has 0 radical (unpaired) electrons. The van der Waals surface area contributed by atoms with Gasteiger partial charge in [-0.2, -0.15) is 0 Å². The fraction of sp³-hybridized carbons (Fsp3) is 0.235. The Balaban J connectivity index is 1.86. The lowest BCUT2D eigenvalue weighted by Gasteiger charge is -2.12. The van der Waals surface area contributed by atoms with Crippen LogP contribution in [0.15, 0.2) is 48.5 Å². The highest BCUT2D eigenvalue weighted by atomic mass is 16.3. The number of aromatic hydroxyl groups is 1. The molecule has 0 fully saturated rings. The minimum atomic E-state index is -0.598. The van der Waals surface area contributed by atoms with E-state index in [-0.39, 0.29) is 11.7 Å². The highest BCUT2D eigenvalue weighted by Gasteiger charge is 2.13. The van der Waals surface area contributed by atoms with Gasteiger partial charge in [0.25, 0.3) is 0 Å². The smallest absolute Gasteiger partial charge is 0.237 e. The molecule has 0 saturated heterocycles. The molecule has 1 atom stereocenters. The molecule has 4 heteroatoms. The fourth-order valence-electron chi connectivity index (χ4n) is 2.12. The lowest BCUT2D eigenvalue weighted by molar-refractivity contribution is -0.122. The number of nitrogens with one attached hydrogen (secondary N) is 1. The highest BCUT2D eigenvalue weighted by molar-refractivity contribution is 5.81. The number of hydrogen-bond donors (Lipinski definition) is 3. The van der Waals surface area contributed by atoms with Crippen LogP contribution >= 0.6 is 0 Å². The van der Waals surface area contributed by atoms with Crippen molar-refractivity contribution in [3.63, 3.8) is 0 Å². The van der Waals surface area contributed by atoms with Crippen LogP contribution in [0.25, 0.3) is 0 Å². The number of nitrogens with two attached hydrogens (primary N) is 1. The zero-order valence-corrected chi connectivity index (χ0v) is 12.0. The third kappa shape index (κ3) is 4.61. The number of phenolic OH excluding ortho intramolecular Hbond substituents is 1. The van der Waals surface area contributed by atoms with E-state index in [1.165, 1.54) is 0 Å². The summed E-state index contributed by atoms with van der Waals surface area (Å²) in [5.41, 5.74) is 9.05. The van der Waals surface area contributed by atoms with Crippen molar-refractivity contribution >= 4 is 5.91 Å². The van der Waals surface area contributed by atoms with Crippen molar-refractivity contribution in [2.75, 3.05) is 0 Å². The van der Waals surface area contributed by atoms with Crippen LogP contribution < -0.4 is 11.1 Å².